The van der Waals surface area contributed by atoms with E-state index in [9.17, 15) is 4.79 Å². The molecular formula is C20H20N4O. The summed E-state index contributed by atoms with van der Waals surface area (Å²) in [4.78, 5) is 12.6. The van der Waals surface area contributed by atoms with Crippen molar-refractivity contribution in [3.8, 4) is 6.07 Å². The van der Waals surface area contributed by atoms with Crippen molar-refractivity contribution in [1.29, 1.82) is 5.26 Å². The fourth-order valence-corrected chi connectivity index (χ4v) is 2.80. The molecular weight excluding hydrogens is 312 g/mol. The lowest BCUT2D eigenvalue weighted by Crippen LogP contribution is -2.38. The SMILES string of the molecule is CC(C)(Cc1ccc(C#N)cc1)C(=O)NCc1ccc2cn[nH]c2c1. The molecule has 1 heterocycles. The second kappa shape index (κ2) is 6.78. The maximum absolute atomic E-state index is 12.6. The van der Waals surface area contributed by atoms with Gasteiger partial charge in [0.25, 0.3) is 0 Å². The number of nitrogens with one attached hydrogen (secondary N) is 2. The summed E-state index contributed by atoms with van der Waals surface area (Å²) in [6, 6.07) is 15.4. The van der Waals surface area contributed by atoms with Crippen LogP contribution in [-0.4, -0.2) is 16.1 Å². The Morgan fingerprint density at radius 2 is 1.92 bits per heavy atom. The van der Waals surface area contributed by atoms with E-state index in [0.29, 0.717) is 18.5 Å². The number of aromatic nitrogens is 2. The molecule has 2 N–H and O–H groups in total. The van der Waals surface area contributed by atoms with Gasteiger partial charge in [0.15, 0.2) is 0 Å². The number of amides is 1. The molecule has 5 nitrogen and oxygen atoms in total. The number of nitriles is 1. The van der Waals surface area contributed by atoms with E-state index < -0.39 is 5.41 Å². The summed E-state index contributed by atoms with van der Waals surface area (Å²) in [7, 11) is 0. The van der Waals surface area contributed by atoms with E-state index in [2.05, 4.69) is 21.6 Å². The summed E-state index contributed by atoms with van der Waals surface area (Å²) in [6.07, 6.45) is 2.39. The van der Waals surface area contributed by atoms with Crippen molar-refractivity contribution in [2.75, 3.05) is 0 Å². The monoisotopic (exact) mass is 332 g/mol. The first-order valence-corrected chi connectivity index (χ1v) is 8.17. The normalized spacial score (nSPS) is 11.2. The Labute approximate surface area is 146 Å². The molecule has 0 fully saturated rings. The maximum atomic E-state index is 12.6. The number of H-pyrrole nitrogens is 1. The predicted molar refractivity (Wildman–Crippen MR) is 96.6 cm³/mol. The molecule has 5 heteroatoms. The van der Waals surface area contributed by atoms with Gasteiger partial charge in [-0.25, -0.2) is 0 Å². The first kappa shape index (κ1) is 16.7. The van der Waals surface area contributed by atoms with Crippen LogP contribution in [0.1, 0.15) is 30.5 Å². The van der Waals surface area contributed by atoms with Crippen LogP contribution >= 0.6 is 0 Å². The smallest absolute Gasteiger partial charge is 0.226 e. The first-order valence-electron chi connectivity index (χ1n) is 8.17. The molecule has 0 bridgehead atoms. The quantitative estimate of drug-likeness (QED) is 0.752. The van der Waals surface area contributed by atoms with E-state index in [0.717, 1.165) is 22.0 Å². The Bertz CT molecular complexity index is 932. The second-order valence-corrected chi connectivity index (χ2v) is 6.84. The van der Waals surface area contributed by atoms with E-state index in [1.807, 2.05) is 44.2 Å². The highest BCUT2D eigenvalue weighted by Gasteiger charge is 2.27. The minimum absolute atomic E-state index is 0.00145. The zero-order valence-corrected chi connectivity index (χ0v) is 14.3. The fourth-order valence-electron chi connectivity index (χ4n) is 2.80. The summed E-state index contributed by atoms with van der Waals surface area (Å²) >= 11 is 0. The average Bonchev–Trinajstić information content (AvgIpc) is 3.07. The lowest BCUT2D eigenvalue weighted by Gasteiger charge is -2.24. The van der Waals surface area contributed by atoms with Gasteiger partial charge in [0, 0.05) is 17.3 Å². The van der Waals surface area contributed by atoms with Gasteiger partial charge >= 0.3 is 0 Å². The lowest BCUT2D eigenvalue weighted by atomic mass is 9.84. The van der Waals surface area contributed by atoms with E-state index >= 15 is 0 Å². The van der Waals surface area contributed by atoms with E-state index in [4.69, 9.17) is 5.26 Å². The molecule has 0 saturated carbocycles. The third kappa shape index (κ3) is 3.86. The number of hydrogen-bond acceptors (Lipinski definition) is 3. The number of fused-ring (bicyclic) bond motifs is 1. The molecule has 3 rings (SSSR count). The Kier molecular flexibility index (Phi) is 4.53. The molecule has 0 saturated heterocycles. The Morgan fingerprint density at radius 3 is 2.64 bits per heavy atom. The van der Waals surface area contributed by atoms with Crippen LogP contribution in [0.15, 0.2) is 48.7 Å². The van der Waals surface area contributed by atoms with Crippen molar-refractivity contribution in [2.45, 2.75) is 26.8 Å². The number of hydrogen-bond donors (Lipinski definition) is 2. The highest BCUT2D eigenvalue weighted by atomic mass is 16.2. The summed E-state index contributed by atoms with van der Waals surface area (Å²) in [5, 5.41) is 19.9. The number of carbonyl (C=O) groups excluding carboxylic acids is 1. The van der Waals surface area contributed by atoms with Crippen molar-refractivity contribution in [1.82, 2.24) is 15.5 Å². The van der Waals surface area contributed by atoms with Gasteiger partial charge in [0.2, 0.25) is 5.91 Å². The van der Waals surface area contributed by atoms with Crippen LogP contribution in [0.5, 0.6) is 0 Å². The summed E-state index contributed by atoms with van der Waals surface area (Å²) in [6.45, 7) is 4.34. The largest absolute Gasteiger partial charge is 0.352 e. The number of nitrogens with zero attached hydrogens (tertiary/aromatic N) is 2. The zero-order chi connectivity index (χ0) is 17.9. The standard InChI is InChI=1S/C20H20N4O/c1-20(2,10-14-3-5-15(11-21)6-4-14)19(25)22-12-16-7-8-17-13-23-24-18(17)9-16/h3-9,13H,10,12H2,1-2H3,(H,22,25)(H,23,24). The van der Waals surface area contributed by atoms with Gasteiger partial charge in [-0.05, 0) is 35.7 Å². The lowest BCUT2D eigenvalue weighted by molar-refractivity contribution is -0.129. The number of rotatable bonds is 5. The van der Waals surface area contributed by atoms with Gasteiger partial charge in [-0.1, -0.05) is 38.1 Å². The van der Waals surface area contributed by atoms with Crippen LogP contribution in [0, 0.1) is 16.7 Å². The molecule has 0 unspecified atom stereocenters. The van der Waals surface area contributed by atoms with Gasteiger partial charge in [0.1, 0.15) is 0 Å². The molecule has 2 aromatic carbocycles. The number of aromatic amines is 1. The third-order valence-corrected chi connectivity index (χ3v) is 4.30. The summed E-state index contributed by atoms with van der Waals surface area (Å²) in [5.74, 6) is 0.00145. The Balaban J connectivity index is 1.62. The molecule has 0 atom stereocenters. The van der Waals surface area contributed by atoms with Crippen LogP contribution in [0.3, 0.4) is 0 Å². The highest BCUT2D eigenvalue weighted by Crippen LogP contribution is 2.23. The molecule has 1 aromatic heterocycles. The van der Waals surface area contributed by atoms with Crippen LogP contribution in [-0.2, 0) is 17.8 Å². The minimum atomic E-state index is -0.535. The van der Waals surface area contributed by atoms with Gasteiger partial charge in [0.05, 0.1) is 23.3 Å². The third-order valence-electron chi connectivity index (χ3n) is 4.30. The van der Waals surface area contributed by atoms with Crippen molar-refractivity contribution >= 4 is 16.8 Å². The molecule has 126 valence electrons. The molecule has 0 aliphatic rings. The van der Waals surface area contributed by atoms with Crippen molar-refractivity contribution < 1.29 is 4.79 Å². The molecule has 0 spiro atoms. The molecule has 0 aliphatic carbocycles. The van der Waals surface area contributed by atoms with Crippen LogP contribution in [0.2, 0.25) is 0 Å². The van der Waals surface area contributed by atoms with Gasteiger partial charge in [-0.3, -0.25) is 9.89 Å². The number of benzene rings is 2. The topological polar surface area (TPSA) is 81.6 Å². The van der Waals surface area contributed by atoms with E-state index in [1.54, 1.807) is 18.3 Å². The fraction of sp³-hybridized carbons (Fsp3) is 0.250. The number of carbonyl (C=O) groups is 1. The van der Waals surface area contributed by atoms with Crippen molar-refractivity contribution in [3.63, 3.8) is 0 Å². The van der Waals surface area contributed by atoms with E-state index in [1.165, 1.54) is 0 Å². The first-order chi connectivity index (χ1) is 12.0. The maximum Gasteiger partial charge on any atom is 0.226 e. The van der Waals surface area contributed by atoms with Crippen molar-refractivity contribution in [2.24, 2.45) is 5.41 Å². The van der Waals surface area contributed by atoms with Crippen LogP contribution in [0.25, 0.3) is 10.9 Å². The van der Waals surface area contributed by atoms with Crippen LogP contribution in [0.4, 0.5) is 0 Å². The average molecular weight is 332 g/mol. The molecule has 3 aromatic rings. The van der Waals surface area contributed by atoms with Gasteiger partial charge in [-0.15, -0.1) is 0 Å². The van der Waals surface area contributed by atoms with Gasteiger partial charge in [-0.2, -0.15) is 10.4 Å². The van der Waals surface area contributed by atoms with E-state index in [-0.39, 0.29) is 5.91 Å². The van der Waals surface area contributed by atoms with Crippen molar-refractivity contribution in [3.05, 3.63) is 65.4 Å². The Hall–Kier alpha value is -3.13. The van der Waals surface area contributed by atoms with Gasteiger partial charge < -0.3 is 5.32 Å². The molecule has 25 heavy (non-hydrogen) atoms. The second-order valence-electron chi connectivity index (χ2n) is 6.84. The molecule has 0 aliphatic heterocycles. The minimum Gasteiger partial charge on any atom is -0.352 e. The highest BCUT2D eigenvalue weighted by molar-refractivity contribution is 5.82. The molecule has 1 amide bonds. The summed E-state index contributed by atoms with van der Waals surface area (Å²) in [5.41, 5.74) is 3.12. The Morgan fingerprint density at radius 1 is 1.20 bits per heavy atom. The molecule has 0 radical (unpaired) electrons. The summed E-state index contributed by atoms with van der Waals surface area (Å²) < 4.78 is 0. The predicted octanol–water partition coefficient (Wildman–Crippen LogP) is 3.32. The van der Waals surface area contributed by atoms with Crippen LogP contribution < -0.4 is 5.32 Å². The zero-order valence-electron chi connectivity index (χ0n) is 14.3.